The fourth-order valence-corrected chi connectivity index (χ4v) is 4.41. The number of aromatic nitrogens is 2. The molecular formula is C18H11N4OsS2-3. The Labute approximate surface area is 168 Å². The molecule has 4 heterocycles. The monoisotopic (exact) mass is 539 g/mol. The molecule has 5 rings (SSSR count). The molecule has 126 valence electrons. The van der Waals surface area contributed by atoms with Crippen molar-refractivity contribution in [3.63, 3.8) is 0 Å². The van der Waals surface area contributed by atoms with Crippen molar-refractivity contribution in [2.24, 2.45) is 0 Å². The average Bonchev–Trinajstić information content (AvgIpc) is 3.26. The summed E-state index contributed by atoms with van der Waals surface area (Å²) in [5, 5.41) is 2.04. The van der Waals surface area contributed by atoms with Crippen LogP contribution in [0.3, 0.4) is 0 Å². The Morgan fingerprint density at radius 3 is 1.80 bits per heavy atom. The van der Waals surface area contributed by atoms with Gasteiger partial charge in [0.2, 0.25) is 0 Å². The normalized spacial score (nSPS) is 14.9. The third-order valence-corrected chi connectivity index (χ3v) is 5.55. The second-order valence-electron chi connectivity index (χ2n) is 5.26. The molecule has 0 radical (unpaired) electrons. The number of pyridine rings is 2. The first kappa shape index (κ1) is 16.9. The predicted octanol–water partition coefficient (Wildman–Crippen LogP) is 5.00. The number of benzene rings is 1. The van der Waals surface area contributed by atoms with E-state index in [2.05, 4.69) is 67.9 Å². The van der Waals surface area contributed by atoms with Gasteiger partial charge in [-0.05, 0) is 24.3 Å². The zero-order valence-corrected chi connectivity index (χ0v) is 17.0. The van der Waals surface area contributed by atoms with Gasteiger partial charge in [-0.15, -0.1) is 29.6 Å². The van der Waals surface area contributed by atoms with Gasteiger partial charge in [0, 0.05) is 43.6 Å². The molecule has 25 heavy (non-hydrogen) atoms. The smallest absolute Gasteiger partial charge is 0.0870 e. The van der Waals surface area contributed by atoms with Crippen molar-refractivity contribution in [2.45, 2.75) is 10.1 Å². The molecule has 0 saturated heterocycles. The van der Waals surface area contributed by atoms with Crippen LogP contribution < -0.4 is 9.80 Å². The molecule has 0 fully saturated rings. The Morgan fingerprint density at radius 2 is 1.28 bits per heavy atom. The van der Waals surface area contributed by atoms with E-state index < -0.39 is 0 Å². The molecule has 2 aliphatic rings. The average molecular weight is 538 g/mol. The van der Waals surface area contributed by atoms with E-state index in [0.29, 0.717) is 0 Å². The molecule has 0 N–H and O–H groups in total. The summed E-state index contributed by atoms with van der Waals surface area (Å²) in [6, 6.07) is 17.8. The zero-order chi connectivity index (χ0) is 15.9. The van der Waals surface area contributed by atoms with Gasteiger partial charge >= 0.3 is 0 Å². The van der Waals surface area contributed by atoms with Gasteiger partial charge < -0.3 is 9.80 Å². The van der Waals surface area contributed by atoms with Crippen molar-refractivity contribution < 1.29 is 19.8 Å². The minimum absolute atomic E-state index is 0. The predicted molar refractivity (Wildman–Crippen MR) is 98.3 cm³/mol. The number of hydrogen-bond acceptors (Lipinski definition) is 6. The molecule has 1 aromatic carbocycles. The summed E-state index contributed by atoms with van der Waals surface area (Å²) in [7, 11) is 0. The van der Waals surface area contributed by atoms with E-state index in [9.17, 15) is 0 Å². The van der Waals surface area contributed by atoms with Crippen molar-refractivity contribution in [2.75, 3.05) is 9.80 Å². The van der Waals surface area contributed by atoms with E-state index in [1.165, 1.54) is 0 Å². The number of hydrogen-bond donors (Lipinski definition) is 0. The van der Waals surface area contributed by atoms with Crippen molar-refractivity contribution in [3.8, 4) is 0 Å². The minimum atomic E-state index is 0. The molecule has 3 aromatic rings. The van der Waals surface area contributed by atoms with Crippen LogP contribution in [0.2, 0.25) is 0 Å². The van der Waals surface area contributed by atoms with Crippen LogP contribution in [0.5, 0.6) is 0 Å². The van der Waals surface area contributed by atoms with E-state index in [4.69, 9.17) is 0 Å². The molecular weight excluding hydrogens is 527 g/mol. The van der Waals surface area contributed by atoms with E-state index >= 15 is 0 Å². The second kappa shape index (κ2) is 6.99. The maximum Gasteiger partial charge on any atom is 0.0870 e. The topological polar surface area (TPSA) is 32.3 Å². The molecule has 4 nitrogen and oxygen atoms in total. The van der Waals surface area contributed by atoms with E-state index in [1.54, 1.807) is 23.5 Å². The summed E-state index contributed by atoms with van der Waals surface area (Å²) in [5.74, 6) is 4.15. The number of anilines is 4. The molecule has 0 aliphatic carbocycles. The van der Waals surface area contributed by atoms with Crippen LogP contribution in [0, 0.1) is 17.8 Å². The van der Waals surface area contributed by atoms with E-state index in [-0.39, 0.29) is 19.8 Å². The number of rotatable bonds is 2. The first-order valence-corrected chi connectivity index (χ1v) is 9.17. The Hall–Kier alpha value is -1.54. The molecule has 0 amide bonds. The number of thioether (sulfide) groups is 2. The first-order chi connectivity index (χ1) is 11.9. The van der Waals surface area contributed by atoms with Gasteiger partial charge in [0.15, 0.2) is 0 Å². The van der Waals surface area contributed by atoms with E-state index in [1.807, 2.05) is 24.5 Å². The Kier molecular flexibility index (Phi) is 4.73. The van der Waals surface area contributed by atoms with Gasteiger partial charge in [0.25, 0.3) is 0 Å². The fourth-order valence-electron chi connectivity index (χ4n) is 2.73. The van der Waals surface area contributed by atoms with Crippen LogP contribution in [0.25, 0.3) is 0 Å². The van der Waals surface area contributed by atoms with Gasteiger partial charge in [-0.25, -0.2) is 0 Å². The SMILES string of the molecule is [Os].[c-]1c(N2[CH-]Sc3ncccc32)cccc1N1[CH-]Sc2ncccc21. The summed E-state index contributed by atoms with van der Waals surface area (Å²) in [6.07, 6.45) is 3.65. The number of nitrogens with zero attached hydrogens (tertiary/aromatic N) is 4. The molecule has 2 aromatic heterocycles. The van der Waals surface area contributed by atoms with Crippen molar-refractivity contribution in [3.05, 3.63) is 72.7 Å². The van der Waals surface area contributed by atoms with Crippen molar-refractivity contribution in [1.29, 1.82) is 0 Å². The maximum absolute atomic E-state index is 4.41. The molecule has 0 bridgehead atoms. The Balaban J connectivity index is 0.00000157. The fraction of sp³-hybridized carbons (Fsp3) is 0. The van der Waals surface area contributed by atoms with Crippen molar-refractivity contribution in [1.82, 2.24) is 9.97 Å². The summed E-state index contributed by atoms with van der Waals surface area (Å²) >= 11 is 3.26. The van der Waals surface area contributed by atoms with Crippen LogP contribution >= 0.6 is 23.5 Å². The van der Waals surface area contributed by atoms with E-state index in [0.717, 1.165) is 32.8 Å². The maximum atomic E-state index is 4.41. The van der Waals surface area contributed by atoms with Gasteiger partial charge in [-0.3, -0.25) is 33.5 Å². The van der Waals surface area contributed by atoms with Gasteiger partial charge in [-0.2, -0.15) is 17.8 Å². The molecule has 2 aliphatic heterocycles. The van der Waals surface area contributed by atoms with Crippen LogP contribution in [-0.2, 0) is 19.8 Å². The van der Waals surface area contributed by atoms with Crippen LogP contribution in [-0.4, -0.2) is 9.97 Å². The summed E-state index contributed by atoms with van der Waals surface area (Å²) in [4.78, 5) is 13.1. The Morgan fingerprint density at radius 1 is 0.760 bits per heavy atom. The largest absolute Gasteiger partial charge is 0.502 e. The summed E-state index contributed by atoms with van der Waals surface area (Å²) in [5.41, 5.74) is 4.19. The van der Waals surface area contributed by atoms with Gasteiger partial charge in [0.1, 0.15) is 0 Å². The molecule has 7 heteroatoms. The summed E-state index contributed by atoms with van der Waals surface area (Å²) < 4.78 is 0. The summed E-state index contributed by atoms with van der Waals surface area (Å²) in [6.45, 7) is 0. The zero-order valence-electron chi connectivity index (χ0n) is 12.8. The van der Waals surface area contributed by atoms with Gasteiger partial charge in [0.05, 0.1) is 10.1 Å². The quantitative estimate of drug-likeness (QED) is 0.428. The van der Waals surface area contributed by atoms with Crippen molar-refractivity contribution >= 4 is 46.3 Å². The number of fused-ring (bicyclic) bond motifs is 2. The second-order valence-corrected chi connectivity index (χ2v) is 6.93. The molecule has 0 saturated carbocycles. The van der Waals surface area contributed by atoms with Crippen LogP contribution in [0.4, 0.5) is 22.7 Å². The van der Waals surface area contributed by atoms with Crippen LogP contribution in [0.1, 0.15) is 0 Å². The van der Waals surface area contributed by atoms with Gasteiger partial charge in [-0.1, -0.05) is 0 Å². The third-order valence-electron chi connectivity index (χ3n) is 3.84. The van der Waals surface area contributed by atoms with Crippen LogP contribution in [0.15, 0.2) is 64.9 Å². The molecule has 0 atom stereocenters. The standard InChI is InChI=1S/C18H11N4S2.Os/c1-4-13(21-11-23-17-15(21)6-2-8-19-17)10-14(5-1)22-12-24-18-16(22)7-3-9-20-18;/h1-9,11-12H;/q-3;. The molecule has 0 unspecified atom stereocenters. The molecule has 0 spiro atoms. The first-order valence-electron chi connectivity index (χ1n) is 7.41. The minimum Gasteiger partial charge on any atom is -0.502 e. The third kappa shape index (κ3) is 2.95. The Bertz CT molecular complexity index is 850.